The van der Waals surface area contributed by atoms with Crippen molar-refractivity contribution < 1.29 is 4.79 Å². The Morgan fingerprint density at radius 1 is 1.55 bits per heavy atom. The molecule has 0 aliphatic carbocycles. The Kier molecular flexibility index (Phi) is 4.54. The zero-order chi connectivity index (χ0) is 15.5. The molecule has 22 heavy (non-hydrogen) atoms. The van der Waals surface area contributed by atoms with Gasteiger partial charge >= 0.3 is 0 Å². The van der Waals surface area contributed by atoms with E-state index in [-0.39, 0.29) is 5.91 Å². The molecule has 1 amide bonds. The fraction of sp³-hybridized carbons (Fsp3) is 0.533. The molecule has 0 unspecified atom stereocenters. The Labute approximate surface area is 134 Å². The Morgan fingerprint density at radius 3 is 3.14 bits per heavy atom. The van der Waals surface area contributed by atoms with E-state index in [0.29, 0.717) is 24.3 Å². The first-order valence-corrected chi connectivity index (χ1v) is 8.52. The van der Waals surface area contributed by atoms with Gasteiger partial charge in [-0.25, -0.2) is 4.98 Å². The summed E-state index contributed by atoms with van der Waals surface area (Å²) in [5.74, 6) is -0.0986. The molecule has 0 saturated heterocycles. The van der Waals surface area contributed by atoms with Crippen LogP contribution in [-0.2, 0) is 6.54 Å². The van der Waals surface area contributed by atoms with Gasteiger partial charge in [0, 0.05) is 37.3 Å². The van der Waals surface area contributed by atoms with Crippen molar-refractivity contribution in [1.29, 1.82) is 0 Å². The molecule has 2 aromatic rings. The molecular formula is C15H21N5OS. The Bertz CT molecular complexity index is 622. The average molecular weight is 319 g/mol. The van der Waals surface area contributed by atoms with Crippen LogP contribution in [0.25, 0.3) is 0 Å². The average Bonchev–Trinajstić information content (AvgIpc) is 3.18. The lowest BCUT2D eigenvalue weighted by Crippen LogP contribution is -2.42. The van der Waals surface area contributed by atoms with Gasteiger partial charge in [-0.1, -0.05) is 0 Å². The number of carbonyl (C=O) groups is 1. The standard InChI is InChI=1S/C15H21N5OS/c1-11(2)19-7-12(20-13(8-19)4-6-18-20)3-5-16-15(21)14-9-22-10-17-14/h4,6,9-12H,3,5,7-8H2,1-2H3,(H,16,21)/t12-/m0/s1. The first-order valence-electron chi connectivity index (χ1n) is 7.58. The van der Waals surface area contributed by atoms with Crippen molar-refractivity contribution in [2.45, 2.75) is 38.9 Å². The van der Waals surface area contributed by atoms with Gasteiger partial charge in [-0.3, -0.25) is 14.4 Å². The summed E-state index contributed by atoms with van der Waals surface area (Å²) in [7, 11) is 0. The molecule has 0 aromatic carbocycles. The largest absolute Gasteiger partial charge is 0.351 e. The number of hydrogen-bond acceptors (Lipinski definition) is 5. The van der Waals surface area contributed by atoms with Gasteiger partial charge in [0.2, 0.25) is 0 Å². The molecule has 0 bridgehead atoms. The molecule has 0 fully saturated rings. The van der Waals surface area contributed by atoms with E-state index in [0.717, 1.165) is 19.5 Å². The second kappa shape index (κ2) is 6.58. The van der Waals surface area contributed by atoms with Crippen molar-refractivity contribution >= 4 is 17.2 Å². The fourth-order valence-electron chi connectivity index (χ4n) is 2.79. The maximum atomic E-state index is 11.9. The molecule has 1 atom stereocenters. The Hall–Kier alpha value is -1.73. The quantitative estimate of drug-likeness (QED) is 0.914. The van der Waals surface area contributed by atoms with Gasteiger partial charge in [0.1, 0.15) is 5.69 Å². The summed E-state index contributed by atoms with van der Waals surface area (Å²) in [5, 5.41) is 9.16. The molecule has 0 radical (unpaired) electrons. The van der Waals surface area contributed by atoms with E-state index in [9.17, 15) is 4.79 Å². The summed E-state index contributed by atoms with van der Waals surface area (Å²) in [6.45, 7) is 6.98. The maximum absolute atomic E-state index is 11.9. The van der Waals surface area contributed by atoms with Crippen LogP contribution < -0.4 is 5.32 Å². The van der Waals surface area contributed by atoms with Crippen molar-refractivity contribution in [1.82, 2.24) is 25.0 Å². The SMILES string of the molecule is CC(C)N1Cc2ccnn2[C@@H](CCNC(=O)c2cscn2)C1. The normalized spacial score (nSPS) is 18.4. The summed E-state index contributed by atoms with van der Waals surface area (Å²) >= 11 is 1.43. The second-order valence-corrected chi connectivity index (χ2v) is 6.58. The van der Waals surface area contributed by atoms with Crippen LogP contribution in [0.5, 0.6) is 0 Å². The van der Waals surface area contributed by atoms with E-state index in [1.165, 1.54) is 17.0 Å². The maximum Gasteiger partial charge on any atom is 0.270 e. The molecule has 7 heteroatoms. The fourth-order valence-corrected chi connectivity index (χ4v) is 3.32. The molecule has 3 heterocycles. The van der Waals surface area contributed by atoms with Crippen LogP contribution in [-0.4, -0.2) is 44.7 Å². The highest BCUT2D eigenvalue weighted by molar-refractivity contribution is 7.07. The van der Waals surface area contributed by atoms with Crippen LogP contribution in [0.2, 0.25) is 0 Å². The predicted molar refractivity (Wildman–Crippen MR) is 85.9 cm³/mol. The van der Waals surface area contributed by atoms with Crippen LogP contribution in [0.15, 0.2) is 23.2 Å². The lowest BCUT2D eigenvalue weighted by atomic mass is 10.1. The van der Waals surface area contributed by atoms with Crippen LogP contribution in [0, 0.1) is 0 Å². The minimum absolute atomic E-state index is 0.0986. The molecular weight excluding hydrogens is 298 g/mol. The lowest BCUT2D eigenvalue weighted by Gasteiger charge is -2.36. The smallest absolute Gasteiger partial charge is 0.270 e. The molecule has 2 aromatic heterocycles. The third kappa shape index (κ3) is 3.20. The van der Waals surface area contributed by atoms with Crippen molar-refractivity contribution in [2.24, 2.45) is 0 Å². The van der Waals surface area contributed by atoms with Crippen molar-refractivity contribution in [2.75, 3.05) is 13.1 Å². The van der Waals surface area contributed by atoms with E-state index in [2.05, 4.69) is 44.9 Å². The predicted octanol–water partition coefficient (Wildman–Crippen LogP) is 1.92. The van der Waals surface area contributed by atoms with E-state index >= 15 is 0 Å². The third-order valence-corrected chi connectivity index (χ3v) is 4.65. The highest BCUT2D eigenvalue weighted by atomic mass is 32.1. The van der Waals surface area contributed by atoms with Crippen molar-refractivity contribution in [3.8, 4) is 0 Å². The van der Waals surface area contributed by atoms with Crippen molar-refractivity contribution in [3.63, 3.8) is 0 Å². The Balaban J connectivity index is 1.59. The van der Waals surface area contributed by atoms with Crippen LogP contribution in [0.1, 0.15) is 42.5 Å². The summed E-state index contributed by atoms with van der Waals surface area (Å²) in [6.07, 6.45) is 2.73. The van der Waals surface area contributed by atoms with Crippen LogP contribution in [0.3, 0.4) is 0 Å². The molecule has 0 spiro atoms. The van der Waals surface area contributed by atoms with E-state index in [1.54, 1.807) is 10.9 Å². The third-order valence-electron chi connectivity index (χ3n) is 4.07. The number of fused-ring (bicyclic) bond motifs is 1. The number of rotatable bonds is 5. The topological polar surface area (TPSA) is 63.1 Å². The first-order chi connectivity index (χ1) is 10.6. The lowest BCUT2D eigenvalue weighted by molar-refractivity contribution is 0.0939. The minimum atomic E-state index is -0.0986. The van der Waals surface area contributed by atoms with Gasteiger partial charge in [0.15, 0.2) is 0 Å². The number of nitrogens with one attached hydrogen (secondary N) is 1. The van der Waals surface area contributed by atoms with Gasteiger partial charge in [-0.2, -0.15) is 5.10 Å². The number of hydrogen-bond donors (Lipinski definition) is 1. The number of amides is 1. The van der Waals surface area contributed by atoms with Gasteiger partial charge in [0.25, 0.3) is 5.91 Å². The summed E-state index contributed by atoms with van der Waals surface area (Å²) < 4.78 is 2.11. The van der Waals surface area contributed by atoms with E-state index < -0.39 is 0 Å². The van der Waals surface area contributed by atoms with Gasteiger partial charge in [-0.05, 0) is 26.3 Å². The zero-order valence-electron chi connectivity index (χ0n) is 12.9. The number of carbonyl (C=O) groups excluding carboxylic acids is 1. The van der Waals surface area contributed by atoms with Crippen molar-refractivity contribution in [3.05, 3.63) is 34.5 Å². The molecule has 1 aliphatic rings. The van der Waals surface area contributed by atoms with Gasteiger partial charge in [-0.15, -0.1) is 11.3 Å². The van der Waals surface area contributed by atoms with Gasteiger partial charge < -0.3 is 5.32 Å². The monoisotopic (exact) mass is 319 g/mol. The van der Waals surface area contributed by atoms with Gasteiger partial charge in [0.05, 0.1) is 17.2 Å². The molecule has 0 saturated carbocycles. The molecule has 3 rings (SSSR count). The first kappa shape index (κ1) is 15.2. The molecule has 118 valence electrons. The molecule has 1 N–H and O–H groups in total. The summed E-state index contributed by atoms with van der Waals surface area (Å²) in [5.41, 5.74) is 3.42. The summed E-state index contributed by atoms with van der Waals surface area (Å²) in [6, 6.07) is 2.89. The number of aromatic nitrogens is 3. The van der Waals surface area contributed by atoms with Crippen LogP contribution >= 0.6 is 11.3 Å². The highest BCUT2D eigenvalue weighted by Crippen LogP contribution is 2.24. The Morgan fingerprint density at radius 2 is 2.41 bits per heavy atom. The highest BCUT2D eigenvalue weighted by Gasteiger charge is 2.26. The second-order valence-electron chi connectivity index (χ2n) is 5.86. The van der Waals surface area contributed by atoms with Crippen LogP contribution in [0.4, 0.5) is 0 Å². The minimum Gasteiger partial charge on any atom is -0.351 e. The zero-order valence-corrected chi connectivity index (χ0v) is 13.7. The van der Waals surface area contributed by atoms with E-state index in [4.69, 9.17) is 0 Å². The summed E-state index contributed by atoms with van der Waals surface area (Å²) in [4.78, 5) is 18.4. The number of nitrogens with zero attached hydrogens (tertiary/aromatic N) is 4. The molecule has 1 aliphatic heterocycles. The van der Waals surface area contributed by atoms with E-state index in [1.807, 2.05) is 6.20 Å². The number of thiazole rings is 1. The molecule has 6 nitrogen and oxygen atoms in total.